The molecular weight excluding hydrogens is 361 g/mol. The van der Waals surface area contributed by atoms with E-state index < -0.39 is 11.7 Å². The molecule has 0 amide bonds. The van der Waals surface area contributed by atoms with Gasteiger partial charge in [-0.25, -0.2) is 4.98 Å². The summed E-state index contributed by atoms with van der Waals surface area (Å²) in [5, 5.41) is 7.07. The molecule has 0 atom stereocenters. The molecule has 1 aromatic carbocycles. The Morgan fingerprint density at radius 1 is 1.31 bits per heavy atom. The summed E-state index contributed by atoms with van der Waals surface area (Å²) < 4.78 is 38.0. The van der Waals surface area contributed by atoms with Crippen LogP contribution >= 0.6 is 11.3 Å². The van der Waals surface area contributed by atoms with Crippen LogP contribution in [-0.2, 0) is 19.1 Å². The maximum atomic E-state index is 12.7. The summed E-state index contributed by atoms with van der Waals surface area (Å²) in [5.41, 5.74) is -0.385. The Kier molecular flexibility index (Phi) is 7.04. The Balaban J connectivity index is 1.85. The van der Waals surface area contributed by atoms with Gasteiger partial charge in [-0.1, -0.05) is 24.8 Å². The fourth-order valence-corrected chi connectivity index (χ4v) is 2.82. The minimum absolute atomic E-state index is 0.258. The number of hydrogen-bond acceptors (Lipinski definition) is 3. The molecule has 0 aliphatic heterocycles. The van der Waals surface area contributed by atoms with Crippen LogP contribution in [0.25, 0.3) is 0 Å². The topological polar surface area (TPSA) is 49.3 Å². The molecule has 2 rings (SSSR count). The fraction of sp³-hybridized carbons (Fsp3) is 0.333. The number of aliphatic imine (C=N–C) groups is 1. The van der Waals surface area contributed by atoms with Gasteiger partial charge in [0.25, 0.3) is 0 Å². The first-order valence-electron chi connectivity index (χ1n) is 7.96. The SMILES string of the molecule is CCc1cnc(CNC(=NC)NCC#Cc2cccc(C(F)(F)F)c2)s1. The lowest BCUT2D eigenvalue weighted by Crippen LogP contribution is -2.36. The lowest BCUT2D eigenvalue weighted by molar-refractivity contribution is -0.137. The zero-order valence-corrected chi connectivity index (χ0v) is 15.3. The third-order valence-electron chi connectivity index (χ3n) is 3.35. The molecule has 0 fully saturated rings. The standard InChI is InChI=1S/C18H19F3N4S/c1-3-15-11-24-16(26-15)12-25-17(22-2)23-9-5-7-13-6-4-8-14(10-13)18(19,20)21/h4,6,8,10-11H,3,9,12H2,1-2H3,(H2,22,23,25). The normalized spacial score (nSPS) is 11.7. The molecule has 1 aromatic heterocycles. The highest BCUT2D eigenvalue weighted by molar-refractivity contribution is 7.11. The third kappa shape index (κ3) is 6.08. The number of aromatic nitrogens is 1. The van der Waals surface area contributed by atoms with Crippen molar-refractivity contribution in [3.05, 3.63) is 51.5 Å². The average Bonchev–Trinajstić information content (AvgIpc) is 3.09. The molecule has 1 heterocycles. The van der Waals surface area contributed by atoms with E-state index in [-0.39, 0.29) is 6.54 Å². The van der Waals surface area contributed by atoms with Crippen molar-refractivity contribution in [2.75, 3.05) is 13.6 Å². The lowest BCUT2D eigenvalue weighted by atomic mass is 10.1. The number of benzene rings is 1. The molecule has 2 N–H and O–H groups in total. The van der Waals surface area contributed by atoms with Crippen molar-refractivity contribution in [2.45, 2.75) is 26.1 Å². The van der Waals surface area contributed by atoms with Crippen molar-refractivity contribution in [1.82, 2.24) is 15.6 Å². The summed E-state index contributed by atoms with van der Waals surface area (Å²) in [4.78, 5) is 9.61. The third-order valence-corrected chi connectivity index (χ3v) is 4.49. The van der Waals surface area contributed by atoms with E-state index in [9.17, 15) is 13.2 Å². The summed E-state index contributed by atoms with van der Waals surface area (Å²) in [6, 6.07) is 4.95. The van der Waals surface area contributed by atoms with Gasteiger partial charge in [0.2, 0.25) is 0 Å². The zero-order valence-electron chi connectivity index (χ0n) is 14.4. The van der Waals surface area contributed by atoms with Crippen molar-refractivity contribution in [2.24, 2.45) is 4.99 Å². The minimum Gasteiger partial charge on any atom is -0.350 e. The quantitative estimate of drug-likeness (QED) is 0.485. The van der Waals surface area contributed by atoms with E-state index in [1.165, 1.54) is 10.9 Å². The predicted molar refractivity (Wildman–Crippen MR) is 98.0 cm³/mol. The first-order valence-corrected chi connectivity index (χ1v) is 8.78. The largest absolute Gasteiger partial charge is 0.416 e. The van der Waals surface area contributed by atoms with Crippen LogP contribution in [0.2, 0.25) is 0 Å². The molecular formula is C18H19F3N4S. The second kappa shape index (κ2) is 9.25. The fourth-order valence-electron chi connectivity index (χ4n) is 2.02. The molecule has 26 heavy (non-hydrogen) atoms. The van der Waals surface area contributed by atoms with Crippen LogP contribution in [0.1, 0.15) is 27.9 Å². The number of hydrogen-bond donors (Lipinski definition) is 2. The van der Waals surface area contributed by atoms with Gasteiger partial charge < -0.3 is 10.6 Å². The number of halogens is 3. The number of alkyl halides is 3. The van der Waals surface area contributed by atoms with Gasteiger partial charge in [0, 0.05) is 23.7 Å². The predicted octanol–water partition coefficient (Wildman–Crippen LogP) is 3.44. The average molecular weight is 380 g/mol. The highest BCUT2D eigenvalue weighted by atomic mass is 32.1. The Hall–Kier alpha value is -2.53. The van der Waals surface area contributed by atoms with Crippen molar-refractivity contribution < 1.29 is 13.2 Å². The van der Waals surface area contributed by atoms with Gasteiger partial charge in [0.05, 0.1) is 18.7 Å². The Bertz CT molecular complexity index is 816. The first kappa shape index (κ1) is 19.8. The van der Waals surface area contributed by atoms with E-state index in [0.717, 1.165) is 23.6 Å². The molecule has 8 heteroatoms. The number of thiazole rings is 1. The Labute approximate surface area is 154 Å². The summed E-state index contributed by atoms with van der Waals surface area (Å²) >= 11 is 1.64. The van der Waals surface area contributed by atoms with Gasteiger partial charge in [-0.15, -0.1) is 11.3 Å². The van der Waals surface area contributed by atoms with Crippen LogP contribution in [0.3, 0.4) is 0 Å². The summed E-state index contributed by atoms with van der Waals surface area (Å²) in [6.45, 7) is 2.88. The van der Waals surface area contributed by atoms with Gasteiger partial charge in [0.1, 0.15) is 5.01 Å². The minimum atomic E-state index is -4.37. The molecule has 0 unspecified atom stereocenters. The maximum Gasteiger partial charge on any atom is 0.416 e. The van der Waals surface area contributed by atoms with Crippen LogP contribution in [0.4, 0.5) is 13.2 Å². The van der Waals surface area contributed by atoms with Crippen LogP contribution < -0.4 is 10.6 Å². The highest BCUT2D eigenvalue weighted by Gasteiger charge is 2.30. The summed E-state index contributed by atoms with van der Waals surface area (Å²) in [7, 11) is 1.63. The Morgan fingerprint density at radius 3 is 2.77 bits per heavy atom. The van der Waals surface area contributed by atoms with Gasteiger partial charge in [-0.3, -0.25) is 4.99 Å². The van der Waals surface area contributed by atoms with E-state index >= 15 is 0 Å². The molecule has 0 spiro atoms. The van der Waals surface area contributed by atoms with Gasteiger partial charge in [-0.05, 0) is 24.6 Å². The van der Waals surface area contributed by atoms with Crippen LogP contribution in [0.15, 0.2) is 35.5 Å². The Morgan fingerprint density at radius 2 is 2.12 bits per heavy atom. The van der Waals surface area contributed by atoms with E-state index in [0.29, 0.717) is 18.1 Å². The van der Waals surface area contributed by atoms with Crippen LogP contribution in [0, 0.1) is 11.8 Å². The van der Waals surface area contributed by atoms with Crippen LogP contribution in [-0.4, -0.2) is 24.5 Å². The number of aryl methyl sites for hydroxylation is 1. The van der Waals surface area contributed by atoms with E-state index in [1.54, 1.807) is 24.5 Å². The van der Waals surface area contributed by atoms with Crippen molar-refractivity contribution >= 4 is 17.3 Å². The molecule has 0 aliphatic rings. The van der Waals surface area contributed by atoms with Gasteiger partial charge in [0.15, 0.2) is 5.96 Å². The lowest BCUT2D eigenvalue weighted by Gasteiger charge is -2.08. The number of nitrogens with one attached hydrogen (secondary N) is 2. The van der Waals surface area contributed by atoms with E-state index in [4.69, 9.17) is 0 Å². The molecule has 0 bridgehead atoms. The van der Waals surface area contributed by atoms with E-state index in [1.807, 2.05) is 6.20 Å². The van der Waals surface area contributed by atoms with Crippen LogP contribution in [0.5, 0.6) is 0 Å². The second-order valence-electron chi connectivity index (χ2n) is 5.23. The molecule has 2 aromatic rings. The highest BCUT2D eigenvalue weighted by Crippen LogP contribution is 2.29. The number of rotatable bonds is 4. The van der Waals surface area contributed by atoms with Gasteiger partial charge in [-0.2, -0.15) is 13.2 Å². The molecule has 0 saturated carbocycles. The smallest absolute Gasteiger partial charge is 0.350 e. The molecule has 0 radical (unpaired) electrons. The van der Waals surface area contributed by atoms with Crippen molar-refractivity contribution in [1.29, 1.82) is 0 Å². The van der Waals surface area contributed by atoms with Crippen molar-refractivity contribution in [3.63, 3.8) is 0 Å². The molecule has 0 aliphatic carbocycles. The maximum absolute atomic E-state index is 12.7. The molecule has 4 nitrogen and oxygen atoms in total. The molecule has 138 valence electrons. The summed E-state index contributed by atoms with van der Waals surface area (Å²) in [6.07, 6.45) is -1.55. The monoisotopic (exact) mass is 380 g/mol. The molecule has 0 saturated heterocycles. The zero-order chi connectivity index (χ0) is 19.0. The number of guanidine groups is 1. The number of nitrogens with zero attached hydrogens (tertiary/aromatic N) is 2. The first-order chi connectivity index (χ1) is 12.4. The summed E-state index contributed by atoms with van der Waals surface area (Å²) in [5.74, 6) is 6.06. The second-order valence-corrected chi connectivity index (χ2v) is 6.43. The van der Waals surface area contributed by atoms with Crippen molar-refractivity contribution in [3.8, 4) is 11.8 Å². The van der Waals surface area contributed by atoms with Gasteiger partial charge >= 0.3 is 6.18 Å². The van der Waals surface area contributed by atoms with E-state index in [2.05, 4.69) is 39.4 Å².